The van der Waals surface area contributed by atoms with Crippen LogP contribution in [0.2, 0.25) is 0 Å². The van der Waals surface area contributed by atoms with E-state index in [-0.39, 0.29) is 18.2 Å². The van der Waals surface area contributed by atoms with Crippen molar-refractivity contribution >= 4 is 17.7 Å². The Labute approximate surface area is 147 Å². The van der Waals surface area contributed by atoms with Gasteiger partial charge in [0.05, 0.1) is 24.0 Å². The van der Waals surface area contributed by atoms with Gasteiger partial charge in [-0.05, 0) is 23.3 Å². The molecule has 0 saturated carbocycles. The predicted molar refractivity (Wildman–Crippen MR) is 89.8 cm³/mol. The van der Waals surface area contributed by atoms with Gasteiger partial charge in [-0.2, -0.15) is 13.2 Å². The fourth-order valence-corrected chi connectivity index (χ4v) is 3.93. The minimum Gasteiger partial charge on any atom is -0.387 e. The van der Waals surface area contributed by atoms with Gasteiger partial charge in [-0.3, -0.25) is 4.79 Å². The molecule has 1 N–H and O–H groups in total. The summed E-state index contributed by atoms with van der Waals surface area (Å²) in [5.74, 6) is 0.109. The van der Waals surface area contributed by atoms with Crippen LogP contribution in [0.5, 0.6) is 0 Å². The number of nitrogens with zero attached hydrogens (tertiary/aromatic N) is 1. The van der Waals surface area contributed by atoms with Gasteiger partial charge in [0.15, 0.2) is 0 Å². The number of thioether (sulfide) groups is 1. The molecule has 3 nitrogen and oxygen atoms in total. The van der Waals surface area contributed by atoms with E-state index in [9.17, 15) is 23.1 Å². The van der Waals surface area contributed by atoms with E-state index in [1.54, 1.807) is 24.3 Å². The van der Waals surface area contributed by atoms with Gasteiger partial charge in [-0.15, -0.1) is 11.8 Å². The molecule has 0 unspecified atom stereocenters. The van der Waals surface area contributed by atoms with Crippen molar-refractivity contribution in [2.45, 2.75) is 17.7 Å². The van der Waals surface area contributed by atoms with Gasteiger partial charge >= 0.3 is 6.18 Å². The van der Waals surface area contributed by atoms with Crippen LogP contribution in [0.1, 0.15) is 28.2 Å². The molecule has 0 radical (unpaired) electrons. The first-order valence-corrected chi connectivity index (χ1v) is 8.72. The van der Waals surface area contributed by atoms with Crippen molar-refractivity contribution in [3.63, 3.8) is 0 Å². The Morgan fingerprint density at radius 3 is 2.36 bits per heavy atom. The molecule has 3 rings (SSSR count). The molecule has 0 aliphatic carbocycles. The number of hydrogen-bond acceptors (Lipinski definition) is 3. The van der Waals surface area contributed by atoms with Crippen molar-refractivity contribution < 1.29 is 23.1 Å². The summed E-state index contributed by atoms with van der Waals surface area (Å²) in [6.45, 7) is 0.0987. The van der Waals surface area contributed by atoms with Crippen molar-refractivity contribution in [3.8, 4) is 0 Å². The third-order valence-electron chi connectivity index (χ3n) is 4.05. The first-order chi connectivity index (χ1) is 11.9. The predicted octanol–water partition coefficient (Wildman–Crippen LogP) is 4.01. The van der Waals surface area contributed by atoms with Gasteiger partial charge in [0.1, 0.15) is 5.37 Å². The molecule has 7 heteroatoms. The lowest BCUT2D eigenvalue weighted by atomic mass is 10.1. The van der Waals surface area contributed by atoms with E-state index >= 15 is 0 Å². The van der Waals surface area contributed by atoms with Crippen LogP contribution in [-0.4, -0.2) is 28.2 Å². The molecule has 1 heterocycles. The molecule has 0 aromatic heterocycles. The third-order valence-corrected chi connectivity index (χ3v) is 5.30. The molecule has 2 atom stereocenters. The van der Waals surface area contributed by atoms with E-state index < -0.39 is 23.2 Å². The van der Waals surface area contributed by atoms with Crippen molar-refractivity contribution in [1.82, 2.24) is 4.90 Å². The van der Waals surface area contributed by atoms with Crippen LogP contribution in [0.3, 0.4) is 0 Å². The molecule has 132 valence electrons. The zero-order valence-electron chi connectivity index (χ0n) is 13.1. The first-order valence-electron chi connectivity index (χ1n) is 7.67. The number of hydrogen-bond donors (Lipinski definition) is 1. The summed E-state index contributed by atoms with van der Waals surface area (Å²) in [4.78, 5) is 13.7. The number of aliphatic hydroxyl groups is 1. The second kappa shape index (κ2) is 7.09. The van der Waals surface area contributed by atoms with Gasteiger partial charge in [0.2, 0.25) is 5.91 Å². The fraction of sp³-hybridized carbons (Fsp3) is 0.278. The zero-order chi connectivity index (χ0) is 18.0. The number of aliphatic hydroxyl groups excluding tert-OH is 1. The topological polar surface area (TPSA) is 40.5 Å². The summed E-state index contributed by atoms with van der Waals surface area (Å²) < 4.78 is 38.1. The summed E-state index contributed by atoms with van der Waals surface area (Å²) in [5, 5.41) is 9.97. The maximum Gasteiger partial charge on any atom is 0.416 e. The Morgan fingerprint density at radius 1 is 1.12 bits per heavy atom. The highest BCUT2D eigenvalue weighted by molar-refractivity contribution is 8.00. The van der Waals surface area contributed by atoms with Gasteiger partial charge < -0.3 is 10.0 Å². The Kier molecular flexibility index (Phi) is 5.06. The molecule has 1 fully saturated rings. The Hall–Kier alpha value is -1.99. The van der Waals surface area contributed by atoms with E-state index in [1.807, 2.05) is 6.07 Å². The van der Waals surface area contributed by atoms with E-state index in [0.717, 1.165) is 12.1 Å². The molecule has 1 amide bonds. The standard InChI is InChI=1S/C18H16F3NO2S/c19-18(20,21)14-8-6-13(7-9-14)17-22(16(24)11-25-17)10-15(23)12-4-2-1-3-5-12/h1-9,15,17,23H,10-11H2/t15-,17-/m0/s1. The monoisotopic (exact) mass is 367 g/mol. The lowest BCUT2D eigenvalue weighted by molar-refractivity contribution is -0.137. The maximum absolute atomic E-state index is 12.7. The second-order valence-electron chi connectivity index (χ2n) is 5.76. The van der Waals surface area contributed by atoms with Crippen LogP contribution in [0, 0.1) is 0 Å². The highest BCUT2D eigenvalue weighted by Crippen LogP contribution is 2.40. The summed E-state index contributed by atoms with van der Waals surface area (Å²) in [7, 11) is 0. The number of rotatable bonds is 4. The average Bonchev–Trinajstić information content (AvgIpc) is 2.96. The van der Waals surface area contributed by atoms with Gasteiger partial charge in [-0.1, -0.05) is 42.5 Å². The largest absolute Gasteiger partial charge is 0.416 e. The minimum atomic E-state index is -4.39. The van der Waals surface area contributed by atoms with E-state index in [2.05, 4.69) is 0 Å². The number of amides is 1. The third kappa shape index (κ3) is 3.99. The van der Waals surface area contributed by atoms with Crippen LogP contribution < -0.4 is 0 Å². The molecule has 1 saturated heterocycles. The Morgan fingerprint density at radius 2 is 1.76 bits per heavy atom. The molecule has 1 aliphatic heterocycles. The number of carbonyl (C=O) groups is 1. The van der Waals surface area contributed by atoms with E-state index in [1.165, 1.54) is 28.8 Å². The van der Waals surface area contributed by atoms with Crippen molar-refractivity contribution in [2.75, 3.05) is 12.3 Å². The zero-order valence-corrected chi connectivity index (χ0v) is 13.9. The fourth-order valence-electron chi connectivity index (χ4n) is 2.73. The normalized spacial score (nSPS) is 19.3. The quantitative estimate of drug-likeness (QED) is 0.888. The molecule has 2 aromatic carbocycles. The van der Waals surface area contributed by atoms with Crippen LogP contribution in [0.15, 0.2) is 54.6 Å². The van der Waals surface area contributed by atoms with Gasteiger partial charge in [0.25, 0.3) is 0 Å². The van der Waals surface area contributed by atoms with Gasteiger partial charge in [0, 0.05) is 0 Å². The smallest absolute Gasteiger partial charge is 0.387 e. The van der Waals surface area contributed by atoms with Crippen molar-refractivity contribution in [2.24, 2.45) is 0 Å². The molecule has 0 spiro atoms. The average molecular weight is 367 g/mol. The van der Waals surface area contributed by atoms with Crippen LogP contribution in [0.25, 0.3) is 0 Å². The lowest BCUT2D eigenvalue weighted by Crippen LogP contribution is -2.32. The number of β-amino-alcohol motifs (C(OH)–C–C–N with tert-alkyl or cyclic N) is 1. The van der Waals surface area contributed by atoms with Crippen LogP contribution in [0.4, 0.5) is 13.2 Å². The molecular weight excluding hydrogens is 351 g/mol. The van der Waals surface area contributed by atoms with Crippen LogP contribution in [-0.2, 0) is 11.0 Å². The number of alkyl halides is 3. The molecular formula is C18H16F3NO2S. The molecule has 2 aromatic rings. The highest BCUT2D eigenvalue weighted by atomic mass is 32.2. The first kappa shape index (κ1) is 17.8. The van der Waals surface area contributed by atoms with Crippen molar-refractivity contribution in [3.05, 3.63) is 71.3 Å². The summed E-state index contributed by atoms with van der Waals surface area (Å²) in [5.41, 5.74) is 0.587. The summed E-state index contributed by atoms with van der Waals surface area (Å²) >= 11 is 1.35. The Balaban J connectivity index is 1.78. The van der Waals surface area contributed by atoms with E-state index in [0.29, 0.717) is 11.1 Å². The van der Waals surface area contributed by atoms with Gasteiger partial charge in [-0.25, -0.2) is 0 Å². The number of carbonyl (C=O) groups excluding carboxylic acids is 1. The molecule has 0 bridgehead atoms. The summed E-state index contributed by atoms with van der Waals surface area (Å²) in [6.07, 6.45) is -5.24. The SMILES string of the molecule is O=C1CS[C@@H](c2ccc(C(F)(F)F)cc2)N1C[C@H](O)c1ccccc1. The van der Waals surface area contributed by atoms with Crippen LogP contribution >= 0.6 is 11.8 Å². The number of halogens is 3. The summed E-state index contributed by atoms with van der Waals surface area (Å²) in [6, 6.07) is 13.8. The Bertz CT molecular complexity index is 734. The second-order valence-corrected chi connectivity index (χ2v) is 6.82. The minimum absolute atomic E-state index is 0.0987. The molecule has 25 heavy (non-hydrogen) atoms. The van der Waals surface area contributed by atoms with E-state index in [4.69, 9.17) is 0 Å². The lowest BCUT2D eigenvalue weighted by Gasteiger charge is -2.27. The maximum atomic E-state index is 12.7. The highest BCUT2D eigenvalue weighted by Gasteiger charge is 2.35. The molecule has 1 aliphatic rings. The van der Waals surface area contributed by atoms with Crippen molar-refractivity contribution in [1.29, 1.82) is 0 Å². The number of benzene rings is 2.